The lowest BCUT2D eigenvalue weighted by molar-refractivity contribution is -0.141. The molecule has 2 fully saturated rings. The van der Waals surface area contributed by atoms with Crippen LogP contribution in [-0.2, 0) is 25.5 Å². The number of aliphatic imine (C=N–C) groups is 1. The Bertz CT molecular complexity index is 1510. The van der Waals surface area contributed by atoms with Crippen LogP contribution < -0.4 is 4.74 Å². The van der Waals surface area contributed by atoms with E-state index in [0.717, 1.165) is 43.7 Å². The van der Waals surface area contributed by atoms with E-state index < -0.39 is 5.60 Å². The molecule has 3 aromatic rings. The Hall–Kier alpha value is -4.44. The zero-order chi connectivity index (χ0) is 32.7. The number of likely N-dealkylation sites (tertiary alicyclic amines) is 1. The van der Waals surface area contributed by atoms with Gasteiger partial charge in [-0.2, -0.15) is 0 Å². The number of amidine groups is 1. The number of aromatic nitrogens is 1. The standard InChI is InChI=1S/C36H44N4O6/c1-6-43-33(41)22-37-35-40(31(24-44-35)26-10-8-7-9-11-26)29-18-20-39(21-19-29)23-28-14-17-32(38-25(28)2)45-30-15-12-27(13-16-30)34(42)46-36(3,4)5/h7-17,29,31H,6,18-24H2,1-5H3/t31-/m0/s1. The fourth-order valence-electron chi connectivity index (χ4n) is 5.75. The molecule has 0 bridgehead atoms. The highest BCUT2D eigenvalue weighted by Gasteiger charge is 2.39. The van der Waals surface area contributed by atoms with Gasteiger partial charge in [-0.15, -0.1) is 0 Å². The fraction of sp³-hybridized carbons (Fsp3) is 0.444. The summed E-state index contributed by atoms with van der Waals surface area (Å²) in [6, 6.07) is 22.0. The smallest absolute Gasteiger partial charge is 0.338 e. The summed E-state index contributed by atoms with van der Waals surface area (Å²) in [5.74, 6) is 0.376. The van der Waals surface area contributed by atoms with Crippen molar-refractivity contribution in [3.8, 4) is 11.6 Å². The first-order chi connectivity index (χ1) is 22.1. The van der Waals surface area contributed by atoms with Gasteiger partial charge in [-0.1, -0.05) is 36.4 Å². The number of piperidine rings is 1. The molecule has 0 saturated carbocycles. The summed E-state index contributed by atoms with van der Waals surface area (Å²) in [5, 5.41) is 0. The van der Waals surface area contributed by atoms with Crippen molar-refractivity contribution in [2.75, 3.05) is 32.8 Å². The van der Waals surface area contributed by atoms with Crippen molar-refractivity contribution in [3.05, 3.63) is 89.1 Å². The van der Waals surface area contributed by atoms with E-state index >= 15 is 0 Å². The molecule has 0 amide bonds. The monoisotopic (exact) mass is 628 g/mol. The second-order valence-electron chi connectivity index (χ2n) is 12.6. The lowest BCUT2D eigenvalue weighted by Gasteiger charge is -2.39. The maximum Gasteiger partial charge on any atom is 0.338 e. The molecule has 5 rings (SSSR count). The van der Waals surface area contributed by atoms with E-state index in [2.05, 4.69) is 33.0 Å². The maximum atomic E-state index is 12.3. The van der Waals surface area contributed by atoms with E-state index in [0.29, 0.717) is 36.4 Å². The van der Waals surface area contributed by atoms with Gasteiger partial charge in [0.05, 0.1) is 18.2 Å². The largest absolute Gasteiger partial charge is 0.465 e. The van der Waals surface area contributed by atoms with Crippen molar-refractivity contribution in [1.29, 1.82) is 0 Å². The molecule has 2 saturated heterocycles. The summed E-state index contributed by atoms with van der Waals surface area (Å²) in [5.41, 5.74) is 3.16. The lowest BCUT2D eigenvalue weighted by Crippen LogP contribution is -2.46. The number of esters is 2. The molecule has 2 aliphatic rings. The van der Waals surface area contributed by atoms with Gasteiger partial charge in [0.25, 0.3) is 6.02 Å². The van der Waals surface area contributed by atoms with Gasteiger partial charge in [-0.05, 0) is 82.9 Å². The summed E-state index contributed by atoms with van der Waals surface area (Å²) < 4.78 is 22.5. The van der Waals surface area contributed by atoms with E-state index in [4.69, 9.17) is 23.9 Å². The van der Waals surface area contributed by atoms with Crippen molar-refractivity contribution in [2.24, 2.45) is 4.99 Å². The van der Waals surface area contributed by atoms with Gasteiger partial charge >= 0.3 is 11.9 Å². The SMILES string of the molecule is CCOC(=O)CN=C1OC[C@@H](c2ccccc2)N1C1CCN(Cc2ccc(Oc3ccc(C(=O)OC(C)(C)C)cc3)nc2C)CC1. The molecule has 0 N–H and O–H groups in total. The van der Waals surface area contributed by atoms with E-state index in [1.807, 2.05) is 52.0 Å². The number of hydrogen-bond donors (Lipinski definition) is 0. The number of carbonyl (C=O) groups excluding carboxylic acids is 2. The Morgan fingerprint density at radius 2 is 1.72 bits per heavy atom. The second-order valence-corrected chi connectivity index (χ2v) is 12.6. The summed E-state index contributed by atoms with van der Waals surface area (Å²) in [6.45, 7) is 12.7. The third-order valence-electron chi connectivity index (χ3n) is 7.99. The predicted molar refractivity (Wildman–Crippen MR) is 175 cm³/mol. The van der Waals surface area contributed by atoms with Gasteiger partial charge in [-0.25, -0.2) is 14.8 Å². The first kappa shape index (κ1) is 32.9. The van der Waals surface area contributed by atoms with Crippen molar-refractivity contribution in [2.45, 2.75) is 71.7 Å². The summed E-state index contributed by atoms with van der Waals surface area (Å²) >= 11 is 0. The molecule has 46 heavy (non-hydrogen) atoms. The Morgan fingerprint density at radius 3 is 2.37 bits per heavy atom. The average molecular weight is 629 g/mol. The number of ether oxygens (including phenoxy) is 4. The van der Waals surface area contributed by atoms with Gasteiger partial charge in [-0.3, -0.25) is 9.69 Å². The fourth-order valence-corrected chi connectivity index (χ4v) is 5.75. The van der Waals surface area contributed by atoms with Crippen LogP contribution in [-0.4, -0.2) is 77.2 Å². The summed E-state index contributed by atoms with van der Waals surface area (Å²) in [6.07, 6.45) is 1.89. The first-order valence-electron chi connectivity index (χ1n) is 16.0. The van der Waals surface area contributed by atoms with Gasteiger partial charge < -0.3 is 23.8 Å². The quantitative estimate of drug-likeness (QED) is 0.247. The molecule has 10 heteroatoms. The minimum atomic E-state index is -0.551. The molecule has 0 radical (unpaired) electrons. The average Bonchev–Trinajstić information content (AvgIpc) is 3.46. The molecule has 2 aromatic carbocycles. The zero-order valence-electron chi connectivity index (χ0n) is 27.4. The summed E-state index contributed by atoms with van der Waals surface area (Å²) in [7, 11) is 0. The Labute approximate surface area is 271 Å². The zero-order valence-corrected chi connectivity index (χ0v) is 27.4. The van der Waals surface area contributed by atoms with Crippen LogP contribution in [0.3, 0.4) is 0 Å². The van der Waals surface area contributed by atoms with Crippen LogP contribution in [0, 0.1) is 6.92 Å². The molecule has 3 heterocycles. The topological polar surface area (TPSA) is 103 Å². The number of rotatable bonds is 10. The van der Waals surface area contributed by atoms with Crippen molar-refractivity contribution < 1.29 is 28.5 Å². The lowest BCUT2D eigenvalue weighted by atomic mass is 9.98. The van der Waals surface area contributed by atoms with Gasteiger partial charge in [0, 0.05) is 37.4 Å². The number of nitrogens with zero attached hydrogens (tertiary/aromatic N) is 4. The molecule has 10 nitrogen and oxygen atoms in total. The minimum absolute atomic E-state index is 0.0474. The van der Waals surface area contributed by atoms with E-state index in [-0.39, 0.29) is 30.6 Å². The van der Waals surface area contributed by atoms with Crippen LogP contribution in [0.15, 0.2) is 71.7 Å². The van der Waals surface area contributed by atoms with Gasteiger partial charge in [0.1, 0.15) is 24.5 Å². The molecular formula is C36H44N4O6. The van der Waals surface area contributed by atoms with Crippen molar-refractivity contribution >= 4 is 18.0 Å². The molecule has 244 valence electrons. The van der Waals surface area contributed by atoms with Crippen LogP contribution >= 0.6 is 0 Å². The summed E-state index contributed by atoms with van der Waals surface area (Å²) in [4.78, 5) is 38.3. The predicted octanol–water partition coefficient (Wildman–Crippen LogP) is 6.09. The highest BCUT2D eigenvalue weighted by Crippen LogP contribution is 2.34. The molecule has 0 aliphatic carbocycles. The third-order valence-corrected chi connectivity index (χ3v) is 7.99. The first-order valence-corrected chi connectivity index (χ1v) is 16.0. The Balaban J connectivity index is 1.18. The molecule has 0 spiro atoms. The minimum Gasteiger partial charge on any atom is -0.465 e. The Kier molecular flexibility index (Phi) is 10.6. The highest BCUT2D eigenvalue weighted by atomic mass is 16.6. The Morgan fingerprint density at radius 1 is 1.00 bits per heavy atom. The molecule has 1 aromatic heterocycles. The van der Waals surface area contributed by atoms with E-state index in [1.54, 1.807) is 31.2 Å². The molecular weight excluding hydrogens is 584 g/mol. The number of pyridine rings is 1. The molecule has 2 aliphatic heterocycles. The van der Waals surface area contributed by atoms with Crippen LogP contribution in [0.4, 0.5) is 0 Å². The maximum absolute atomic E-state index is 12.3. The van der Waals surface area contributed by atoms with Crippen LogP contribution in [0.5, 0.6) is 11.6 Å². The van der Waals surface area contributed by atoms with E-state index in [1.165, 1.54) is 5.56 Å². The number of hydrogen-bond acceptors (Lipinski definition) is 9. The van der Waals surface area contributed by atoms with Crippen LogP contribution in [0.1, 0.15) is 73.8 Å². The van der Waals surface area contributed by atoms with Gasteiger partial charge in [0.15, 0.2) is 0 Å². The van der Waals surface area contributed by atoms with Crippen LogP contribution in [0.2, 0.25) is 0 Å². The second kappa shape index (κ2) is 14.8. The number of benzene rings is 2. The highest BCUT2D eigenvalue weighted by molar-refractivity contribution is 5.89. The third kappa shape index (κ3) is 8.63. The van der Waals surface area contributed by atoms with Crippen LogP contribution in [0.25, 0.3) is 0 Å². The molecule has 1 atom stereocenters. The van der Waals surface area contributed by atoms with Gasteiger partial charge in [0.2, 0.25) is 5.88 Å². The van der Waals surface area contributed by atoms with Crippen molar-refractivity contribution in [3.63, 3.8) is 0 Å². The number of aryl methyl sites for hydroxylation is 1. The molecule has 0 unspecified atom stereocenters. The number of carbonyl (C=O) groups is 2. The van der Waals surface area contributed by atoms with E-state index in [9.17, 15) is 9.59 Å². The normalized spacial score (nSPS) is 18.3. The van der Waals surface area contributed by atoms with Crippen molar-refractivity contribution in [1.82, 2.24) is 14.8 Å².